The van der Waals surface area contributed by atoms with Crippen LogP contribution in [0.4, 0.5) is 0 Å². The van der Waals surface area contributed by atoms with Gasteiger partial charge in [0.25, 0.3) is 0 Å². The highest BCUT2D eigenvalue weighted by Crippen LogP contribution is 2.29. The topological polar surface area (TPSA) is 32.3 Å². The highest BCUT2D eigenvalue weighted by atomic mass is 32.1. The van der Waals surface area contributed by atoms with Gasteiger partial charge < -0.3 is 10.2 Å². The monoisotopic (exact) mass is 266 g/mol. The SMILES string of the molecule is CNC1CCCN(CC(C)(C)c2cccs2)C1=O. The molecule has 0 saturated carbocycles. The van der Waals surface area contributed by atoms with Gasteiger partial charge in [0.2, 0.25) is 5.91 Å². The van der Waals surface area contributed by atoms with E-state index in [0.717, 1.165) is 25.9 Å². The lowest BCUT2D eigenvalue weighted by molar-refractivity contribution is -0.136. The fourth-order valence-electron chi connectivity index (χ4n) is 2.58. The van der Waals surface area contributed by atoms with Gasteiger partial charge in [0.1, 0.15) is 0 Å². The molecule has 0 radical (unpaired) electrons. The van der Waals surface area contributed by atoms with Crippen molar-refractivity contribution in [2.45, 2.75) is 38.1 Å². The molecule has 1 saturated heterocycles. The van der Waals surface area contributed by atoms with E-state index >= 15 is 0 Å². The van der Waals surface area contributed by atoms with Gasteiger partial charge in [-0.15, -0.1) is 11.3 Å². The molecule has 0 aliphatic carbocycles. The van der Waals surface area contributed by atoms with Gasteiger partial charge in [-0.25, -0.2) is 0 Å². The molecule has 1 aliphatic heterocycles. The first kappa shape index (κ1) is 13.6. The summed E-state index contributed by atoms with van der Waals surface area (Å²) >= 11 is 1.77. The van der Waals surface area contributed by atoms with E-state index < -0.39 is 0 Å². The van der Waals surface area contributed by atoms with E-state index in [2.05, 4.69) is 36.7 Å². The van der Waals surface area contributed by atoms with Crippen LogP contribution in [0.15, 0.2) is 17.5 Å². The summed E-state index contributed by atoms with van der Waals surface area (Å²) in [5, 5.41) is 5.22. The number of nitrogens with zero attached hydrogens (tertiary/aromatic N) is 1. The maximum Gasteiger partial charge on any atom is 0.239 e. The Morgan fingerprint density at radius 3 is 2.94 bits per heavy atom. The first-order valence-corrected chi connectivity index (χ1v) is 7.42. The van der Waals surface area contributed by atoms with Crippen molar-refractivity contribution < 1.29 is 4.79 Å². The number of amides is 1. The predicted octanol–water partition coefficient (Wildman–Crippen LogP) is 2.24. The first-order chi connectivity index (χ1) is 8.54. The van der Waals surface area contributed by atoms with Crippen molar-refractivity contribution in [1.82, 2.24) is 10.2 Å². The van der Waals surface area contributed by atoms with E-state index in [9.17, 15) is 4.79 Å². The molecule has 1 aromatic heterocycles. The van der Waals surface area contributed by atoms with Crippen molar-refractivity contribution in [2.75, 3.05) is 20.1 Å². The van der Waals surface area contributed by atoms with Gasteiger partial charge in [-0.3, -0.25) is 4.79 Å². The highest BCUT2D eigenvalue weighted by molar-refractivity contribution is 7.10. The van der Waals surface area contributed by atoms with Crippen LogP contribution in [0.5, 0.6) is 0 Å². The summed E-state index contributed by atoms with van der Waals surface area (Å²) in [6.45, 7) is 6.14. The van der Waals surface area contributed by atoms with Gasteiger partial charge in [0, 0.05) is 23.4 Å². The van der Waals surface area contributed by atoms with Crippen LogP contribution in [0.3, 0.4) is 0 Å². The van der Waals surface area contributed by atoms with Crippen LogP contribution in [-0.4, -0.2) is 37.0 Å². The number of hydrogen-bond acceptors (Lipinski definition) is 3. The first-order valence-electron chi connectivity index (χ1n) is 6.54. The number of carbonyl (C=O) groups is 1. The Kier molecular flexibility index (Phi) is 4.07. The summed E-state index contributed by atoms with van der Waals surface area (Å²) in [5.41, 5.74) is 0.0411. The average Bonchev–Trinajstić information content (AvgIpc) is 2.86. The maximum absolute atomic E-state index is 12.3. The molecule has 0 spiro atoms. The molecule has 2 rings (SSSR count). The molecular weight excluding hydrogens is 244 g/mol. The predicted molar refractivity (Wildman–Crippen MR) is 76.0 cm³/mol. The van der Waals surface area contributed by atoms with E-state index in [0.29, 0.717) is 0 Å². The number of nitrogens with one attached hydrogen (secondary N) is 1. The van der Waals surface area contributed by atoms with Crippen molar-refractivity contribution in [3.05, 3.63) is 22.4 Å². The summed E-state index contributed by atoms with van der Waals surface area (Å²) in [6, 6.07) is 4.25. The fraction of sp³-hybridized carbons (Fsp3) is 0.643. The molecule has 3 nitrogen and oxygen atoms in total. The van der Waals surface area contributed by atoms with Gasteiger partial charge in [0.15, 0.2) is 0 Å². The maximum atomic E-state index is 12.3. The van der Waals surface area contributed by atoms with Crippen LogP contribution in [0.25, 0.3) is 0 Å². The Bertz CT molecular complexity index is 400. The Hall–Kier alpha value is -0.870. The summed E-state index contributed by atoms with van der Waals surface area (Å²) in [6.07, 6.45) is 2.06. The zero-order chi connectivity index (χ0) is 13.2. The van der Waals surface area contributed by atoms with Crippen molar-refractivity contribution >= 4 is 17.2 Å². The van der Waals surface area contributed by atoms with Gasteiger partial charge in [-0.05, 0) is 31.3 Å². The second-order valence-corrected chi connectivity index (χ2v) is 6.55. The van der Waals surface area contributed by atoms with E-state index in [4.69, 9.17) is 0 Å². The normalized spacial score (nSPS) is 21.4. The van der Waals surface area contributed by atoms with Gasteiger partial charge >= 0.3 is 0 Å². The lowest BCUT2D eigenvalue weighted by Gasteiger charge is -2.37. The number of thiophene rings is 1. The molecule has 18 heavy (non-hydrogen) atoms. The quantitative estimate of drug-likeness (QED) is 0.906. The molecule has 1 aromatic rings. The lowest BCUT2D eigenvalue weighted by atomic mass is 9.89. The standard InChI is InChI=1S/C14H22N2OS/c1-14(2,12-7-5-9-18-12)10-16-8-4-6-11(15-3)13(16)17/h5,7,9,11,15H,4,6,8,10H2,1-3H3. The minimum absolute atomic E-state index is 0.0119. The molecule has 0 aromatic carbocycles. The Morgan fingerprint density at radius 2 is 2.33 bits per heavy atom. The van der Waals surface area contributed by atoms with Crippen LogP contribution in [0.1, 0.15) is 31.6 Å². The molecular formula is C14H22N2OS. The van der Waals surface area contributed by atoms with E-state index in [1.165, 1.54) is 4.88 Å². The van der Waals surface area contributed by atoms with Crippen LogP contribution in [-0.2, 0) is 10.2 Å². The second kappa shape index (κ2) is 5.41. The molecule has 1 amide bonds. The van der Waals surface area contributed by atoms with Gasteiger partial charge in [-0.1, -0.05) is 19.9 Å². The molecule has 1 aliphatic rings. The number of hydrogen-bond donors (Lipinski definition) is 1. The average molecular weight is 266 g/mol. The third-order valence-electron chi connectivity index (χ3n) is 3.65. The van der Waals surface area contributed by atoms with E-state index in [-0.39, 0.29) is 17.4 Å². The van der Waals surface area contributed by atoms with Gasteiger partial charge in [0.05, 0.1) is 6.04 Å². The van der Waals surface area contributed by atoms with Crippen molar-refractivity contribution in [2.24, 2.45) is 0 Å². The number of likely N-dealkylation sites (tertiary alicyclic amines) is 1. The lowest BCUT2D eigenvalue weighted by Crippen LogP contribution is -2.52. The van der Waals surface area contributed by atoms with Crippen LogP contribution in [0, 0.1) is 0 Å². The third kappa shape index (κ3) is 2.75. The third-order valence-corrected chi connectivity index (χ3v) is 4.89. The summed E-state index contributed by atoms with van der Waals surface area (Å²) < 4.78 is 0. The van der Waals surface area contributed by atoms with Crippen LogP contribution in [0.2, 0.25) is 0 Å². The minimum atomic E-state index is 0.0119. The highest BCUT2D eigenvalue weighted by Gasteiger charge is 2.32. The molecule has 1 N–H and O–H groups in total. The zero-order valence-electron chi connectivity index (χ0n) is 11.4. The Labute approximate surface area is 113 Å². The van der Waals surface area contributed by atoms with Crippen molar-refractivity contribution in [3.63, 3.8) is 0 Å². The smallest absolute Gasteiger partial charge is 0.239 e. The number of piperidine rings is 1. The number of carbonyl (C=O) groups excluding carboxylic acids is 1. The fourth-order valence-corrected chi connectivity index (χ4v) is 3.43. The Balaban J connectivity index is 2.06. The summed E-state index contributed by atoms with van der Waals surface area (Å²) in [4.78, 5) is 15.6. The van der Waals surface area contributed by atoms with Crippen molar-refractivity contribution in [1.29, 1.82) is 0 Å². The molecule has 4 heteroatoms. The van der Waals surface area contributed by atoms with Crippen LogP contribution >= 0.6 is 11.3 Å². The number of likely N-dealkylation sites (N-methyl/N-ethyl adjacent to an activating group) is 1. The largest absolute Gasteiger partial charge is 0.340 e. The van der Waals surface area contributed by atoms with Crippen LogP contribution < -0.4 is 5.32 Å². The summed E-state index contributed by atoms with van der Waals surface area (Å²) in [5.74, 6) is 0.258. The van der Waals surface area contributed by atoms with Crippen molar-refractivity contribution in [3.8, 4) is 0 Å². The summed E-state index contributed by atoms with van der Waals surface area (Å²) in [7, 11) is 1.87. The molecule has 100 valence electrons. The Morgan fingerprint density at radius 1 is 1.56 bits per heavy atom. The molecule has 1 atom stereocenters. The molecule has 2 heterocycles. The second-order valence-electron chi connectivity index (χ2n) is 5.60. The molecule has 1 unspecified atom stereocenters. The molecule has 1 fully saturated rings. The van der Waals surface area contributed by atoms with Gasteiger partial charge in [-0.2, -0.15) is 0 Å². The minimum Gasteiger partial charge on any atom is -0.340 e. The van der Waals surface area contributed by atoms with E-state index in [1.54, 1.807) is 11.3 Å². The zero-order valence-corrected chi connectivity index (χ0v) is 12.2. The number of rotatable bonds is 4. The van der Waals surface area contributed by atoms with E-state index in [1.807, 2.05) is 11.9 Å². The molecule has 0 bridgehead atoms.